The third-order valence-electron chi connectivity index (χ3n) is 5.38. The lowest BCUT2D eigenvalue weighted by molar-refractivity contribution is -0.144. The Kier molecular flexibility index (Phi) is 5.00. The van der Waals surface area contributed by atoms with E-state index in [1.165, 1.54) is 12.1 Å². The van der Waals surface area contributed by atoms with Crippen LogP contribution in [0, 0.1) is 11.7 Å². The Balaban J connectivity index is 1.48. The SMILES string of the molecule is O=C(Nc1ccccc1F)Nc1cccc2c1CCN(C(C(=O)O)C1CC1)C2. The highest BCUT2D eigenvalue weighted by molar-refractivity contribution is 6.00. The van der Waals surface area contributed by atoms with E-state index < -0.39 is 23.9 Å². The molecule has 4 rings (SSSR count). The summed E-state index contributed by atoms with van der Waals surface area (Å²) >= 11 is 0. The summed E-state index contributed by atoms with van der Waals surface area (Å²) in [5.41, 5.74) is 2.80. The van der Waals surface area contributed by atoms with Gasteiger partial charge < -0.3 is 15.7 Å². The van der Waals surface area contributed by atoms with Gasteiger partial charge in [0, 0.05) is 18.8 Å². The number of hydrogen-bond donors (Lipinski definition) is 3. The van der Waals surface area contributed by atoms with Crippen LogP contribution in [-0.2, 0) is 17.8 Å². The monoisotopic (exact) mass is 383 g/mol. The van der Waals surface area contributed by atoms with E-state index in [-0.39, 0.29) is 11.6 Å². The van der Waals surface area contributed by atoms with Gasteiger partial charge in [0.1, 0.15) is 11.9 Å². The number of carbonyl (C=O) groups is 2. The molecular weight excluding hydrogens is 361 g/mol. The topological polar surface area (TPSA) is 81.7 Å². The molecule has 3 N–H and O–H groups in total. The quantitative estimate of drug-likeness (QED) is 0.736. The normalized spacial score (nSPS) is 17.5. The molecule has 0 saturated heterocycles. The van der Waals surface area contributed by atoms with Crippen molar-refractivity contribution in [2.45, 2.75) is 31.8 Å². The number of halogens is 1. The van der Waals surface area contributed by atoms with Crippen LogP contribution in [0.15, 0.2) is 42.5 Å². The number of rotatable bonds is 5. The highest BCUT2D eigenvalue weighted by Crippen LogP contribution is 2.38. The summed E-state index contributed by atoms with van der Waals surface area (Å²) in [6.07, 6.45) is 2.60. The van der Waals surface area contributed by atoms with Gasteiger partial charge >= 0.3 is 12.0 Å². The summed E-state index contributed by atoms with van der Waals surface area (Å²) in [6, 6.07) is 10.7. The number of benzene rings is 2. The standard InChI is InChI=1S/C21H22FN3O3/c22-16-5-1-2-6-18(16)24-21(28)23-17-7-3-4-14-12-25(11-10-15(14)17)19(20(26)27)13-8-9-13/h1-7,13,19H,8-12H2,(H,26,27)(H2,23,24,28). The second kappa shape index (κ2) is 7.59. The van der Waals surface area contributed by atoms with Crippen LogP contribution in [0.4, 0.5) is 20.6 Å². The number of nitrogens with zero attached hydrogens (tertiary/aromatic N) is 1. The van der Waals surface area contributed by atoms with Crippen molar-refractivity contribution in [2.24, 2.45) is 5.92 Å². The van der Waals surface area contributed by atoms with Crippen LogP contribution in [0.1, 0.15) is 24.0 Å². The number of hydrogen-bond acceptors (Lipinski definition) is 3. The van der Waals surface area contributed by atoms with Crippen LogP contribution in [0.25, 0.3) is 0 Å². The fraction of sp³-hybridized carbons (Fsp3) is 0.333. The number of urea groups is 1. The lowest BCUT2D eigenvalue weighted by Crippen LogP contribution is -2.45. The van der Waals surface area contributed by atoms with E-state index in [9.17, 15) is 19.1 Å². The van der Waals surface area contributed by atoms with Gasteiger partial charge in [-0.3, -0.25) is 9.69 Å². The minimum atomic E-state index is -0.760. The first-order valence-corrected chi connectivity index (χ1v) is 9.43. The maximum atomic E-state index is 13.7. The molecule has 1 saturated carbocycles. The Morgan fingerprint density at radius 2 is 1.79 bits per heavy atom. The maximum absolute atomic E-state index is 13.7. The van der Waals surface area contributed by atoms with E-state index in [0.717, 1.165) is 24.0 Å². The van der Waals surface area contributed by atoms with Gasteiger partial charge in [0.25, 0.3) is 0 Å². The number of para-hydroxylation sites is 1. The van der Waals surface area contributed by atoms with Gasteiger partial charge in [-0.15, -0.1) is 0 Å². The number of anilines is 2. The Morgan fingerprint density at radius 3 is 2.50 bits per heavy atom. The summed E-state index contributed by atoms with van der Waals surface area (Å²) in [5, 5.41) is 14.9. The summed E-state index contributed by atoms with van der Waals surface area (Å²) in [6.45, 7) is 1.18. The number of fused-ring (bicyclic) bond motifs is 1. The van der Waals surface area contributed by atoms with Crippen molar-refractivity contribution in [1.82, 2.24) is 4.90 Å². The third-order valence-corrected chi connectivity index (χ3v) is 5.38. The van der Waals surface area contributed by atoms with Crippen LogP contribution >= 0.6 is 0 Å². The predicted octanol–water partition coefficient (Wildman–Crippen LogP) is 3.69. The fourth-order valence-electron chi connectivity index (χ4n) is 3.89. The lowest BCUT2D eigenvalue weighted by Gasteiger charge is -2.34. The molecule has 0 bridgehead atoms. The molecular formula is C21H22FN3O3. The molecule has 1 heterocycles. The zero-order valence-corrected chi connectivity index (χ0v) is 15.3. The Bertz CT molecular complexity index is 914. The van der Waals surface area contributed by atoms with Crippen molar-refractivity contribution in [2.75, 3.05) is 17.2 Å². The number of carboxylic acids is 1. The van der Waals surface area contributed by atoms with Crippen molar-refractivity contribution in [3.8, 4) is 0 Å². The molecule has 1 aliphatic heterocycles. The van der Waals surface area contributed by atoms with Gasteiger partial charge in [-0.05, 0) is 54.5 Å². The molecule has 1 atom stereocenters. The molecule has 0 aromatic heterocycles. The maximum Gasteiger partial charge on any atom is 0.323 e. The molecule has 7 heteroatoms. The Hall–Kier alpha value is -2.93. The molecule has 2 aromatic carbocycles. The summed E-state index contributed by atoms with van der Waals surface area (Å²) in [5.74, 6) is -1.01. The van der Waals surface area contributed by atoms with Crippen molar-refractivity contribution in [3.05, 3.63) is 59.4 Å². The van der Waals surface area contributed by atoms with E-state index in [1.54, 1.807) is 12.1 Å². The second-order valence-electron chi connectivity index (χ2n) is 7.34. The number of carboxylic acid groups (broad SMARTS) is 1. The van der Waals surface area contributed by atoms with Gasteiger partial charge in [-0.2, -0.15) is 0 Å². The van der Waals surface area contributed by atoms with E-state index in [1.807, 2.05) is 23.1 Å². The molecule has 2 amide bonds. The number of amides is 2. The average Bonchev–Trinajstić information content (AvgIpc) is 3.48. The number of nitrogens with one attached hydrogen (secondary N) is 2. The van der Waals surface area contributed by atoms with Crippen molar-refractivity contribution in [1.29, 1.82) is 0 Å². The highest BCUT2D eigenvalue weighted by Gasteiger charge is 2.41. The molecule has 28 heavy (non-hydrogen) atoms. The average molecular weight is 383 g/mol. The number of aliphatic carboxylic acids is 1. The summed E-state index contributed by atoms with van der Waals surface area (Å²) in [7, 11) is 0. The van der Waals surface area contributed by atoms with Gasteiger partial charge in [-0.1, -0.05) is 24.3 Å². The van der Waals surface area contributed by atoms with E-state index >= 15 is 0 Å². The zero-order valence-electron chi connectivity index (χ0n) is 15.3. The molecule has 1 fully saturated rings. The first-order chi connectivity index (χ1) is 13.5. The first-order valence-electron chi connectivity index (χ1n) is 9.43. The van der Waals surface area contributed by atoms with E-state index in [4.69, 9.17) is 0 Å². The first kappa shape index (κ1) is 18.4. The highest BCUT2D eigenvalue weighted by atomic mass is 19.1. The smallest absolute Gasteiger partial charge is 0.323 e. The van der Waals surface area contributed by atoms with Crippen LogP contribution < -0.4 is 10.6 Å². The van der Waals surface area contributed by atoms with Gasteiger partial charge in [-0.25, -0.2) is 9.18 Å². The predicted molar refractivity (Wildman–Crippen MR) is 104 cm³/mol. The van der Waals surface area contributed by atoms with E-state index in [2.05, 4.69) is 10.6 Å². The molecule has 6 nitrogen and oxygen atoms in total. The van der Waals surface area contributed by atoms with Crippen LogP contribution in [0.2, 0.25) is 0 Å². The summed E-state index contributed by atoms with van der Waals surface area (Å²) < 4.78 is 13.7. The molecule has 2 aromatic rings. The lowest BCUT2D eigenvalue weighted by atomic mass is 9.95. The van der Waals surface area contributed by atoms with Crippen LogP contribution in [0.5, 0.6) is 0 Å². The van der Waals surface area contributed by atoms with Gasteiger partial charge in [0.05, 0.1) is 5.69 Å². The summed E-state index contributed by atoms with van der Waals surface area (Å²) in [4.78, 5) is 26.0. The molecule has 2 aliphatic rings. The van der Waals surface area contributed by atoms with Crippen molar-refractivity contribution < 1.29 is 19.1 Å². The Labute approximate surface area is 162 Å². The zero-order chi connectivity index (χ0) is 19.7. The molecule has 146 valence electrons. The van der Waals surface area contributed by atoms with Crippen LogP contribution in [0.3, 0.4) is 0 Å². The minimum absolute atomic E-state index is 0.115. The van der Waals surface area contributed by atoms with Gasteiger partial charge in [0.2, 0.25) is 0 Å². The largest absolute Gasteiger partial charge is 0.480 e. The number of carbonyl (C=O) groups excluding carboxylic acids is 1. The van der Waals surface area contributed by atoms with Crippen molar-refractivity contribution >= 4 is 23.4 Å². The minimum Gasteiger partial charge on any atom is -0.480 e. The van der Waals surface area contributed by atoms with Crippen molar-refractivity contribution in [3.63, 3.8) is 0 Å². The fourth-order valence-corrected chi connectivity index (χ4v) is 3.89. The molecule has 0 radical (unpaired) electrons. The van der Waals surface area contributed by atoms with Crippen LogP contribution in [-0.4, -0.2) is 34.6 Å². The van der Waals surface area contributed by atoms with Gasteiger partial charge in [0.15, 0.2) is 0 Å². The third kappa shape index (κ3) is 3.84. The Morgan fingerprint density at radius 1 is 1.07 bits per heavy atom. The van der Waals surface area contributed by atoms with E-state index in [0.29, 0.717) is 25.2 Å². The molecule has 1 unspecified atom stereocenters. The second-order valence-corrected chi connectivity index (χ2v) is 7.34. The molecule has 0 spiro atoms. The molecule has 1 aliphatic carbocycles.